The van der Waals surface area contributed by atoms with Gasteiger partial charge in [-0.15, -0.1) is 4.83 Å². The highest BCUT2D eigenvalue weighted by Gasteiger charge is 2.24. The monoisotopic (exact) mass is 364 g/mol. The van der Waals surface area contributed by atoms with Gasteiger partial charge in [-0.3, -0.25) is 10.2 Å². The summed E-state index contributed by atoms with van der Waals surface area (Å²) in [5.41, 5.74) is 1.84. The molecule has 23 heavy (non-hydrogen) atoms. The van der Waals surface area contributed by atoms with Crippen LogP contribution in [0.25, 0.3) is 0 Å². The lowest BCUT2D eigenvalue weighted by molar-refractivity contribution is 0.0945. The predicted molar refractivity (Wildman–Crippen MR) is 75.6 cm³/mol. The SMILES string of the molecule is O=C(NNS(=O)(=O)c1ccc(F)c(F)c1F)c1cccc(Cl)c1. The van der Waals surface area contributed by atoms with E-state index in [1.54, 1.807) is 4.83 Å². The second-order valence-corrected chi connectivity index (χ2v) is 6.33. The van der Waals surface area contributed by atoms with Gasteiger partial charge >= 0.3 is 0 Å². The average Bonchev–Trinajstić information content (AvgIpc) is 2.50. The van der Waals surface area contributed by atoms with E-state index in [0.717, 1.165) is 0 Å². The zero-order chi connectivity index (χ0) is 17.2. The first-order valence-corrected chi connectivity index (χ1v) is 7.79. The molecule has 0 aliphatic rings. The Labute approximate surface area is 134 Å². The van der Waals surface area contributed by atoms with Crippen LogP contribution < -0.4 is 10.3 Å². The van der Waals surface area contributed by atoms with Gasteiger partial charge in [-0.25, -0.2) is 21.6 Å². The largest absolute Gasteiger partial charge is 0.273 e. The molecule has 0 aliphatic heterocycles. The number of amides is 1. The molecule has 0 heterocycles. The van der Waals surface area contributed by atoms with E-state index >= 15 is 0 Å². The molecule has 2 aromatic rings. The Morgan fingerprint density at radius 3 is 2.39 bits per heavy atom. The fraction of sp³-hybridized carbons (Fsp3) is 0. The molecule has 1 amide bonds. The molecule has 2 N–H and O–H groups in total. The van der Waals surface area contributed by atoms with E-state index in [1.807, 2.05) is 5.43 Å². The molecule has 0 radical (unpaired) electrons. The summed E-state index contributed by atoms with van der Waals surface area (Å²) in [6, 6.07) is 6.56. The van der Waals surface area contributed by atoms with Gasteiger partial charge in [-0.2, -0.15) is 0 Å². The molecule has 0 saturated heterocycles. The summed E-state index contributed by atoms with van der Waals surface area (Å²) < 4.78 is 63.1. The van der Waals surface area contributed by atoms with Crippen molar-refractivity contribution in [2.45, 2.75) is 4.90 Å². The van der Waals surface area contributed by atoms with Crippen LogP contribution in [-0.4, -0.2) is 14.3 Å². The second-order valence-electron chi connectivity index (χ2n) is 4.24. The smallest absolute Gasteiger partial charge is 0.266 e. The summed E-state index contributed by atoms with van der Waals surface area (Å²) in [5, 5.41) is 0.243. The highest BCUT2D eigenvalue weighted by molar-refractivity contribution is 7.89. The third kappa shape index (κ3) is 3.81. The summed E-state index contributed by atoms with van der Waals surface area (Å²) >= 11 is 5.68. The van der Waals surface area contributed by atoms with Crippen LogP contribution in [0.1, 0.15) is 10.4 Å². The molecule has 5 nitrogen and oxygen atoms in total. The maximum Gasteiger partial charge on any atom is 0.266 e. The van der Waals surface area contributed by atoms with Gasteiger partial charge in [-0.05, 0) is 30.3 Å². The maximum absolute atomic E-state index is 13.5. The van der Waals surface area contributed by atoms with Crippen LogP contribution in [0.3, 0.4) is 0 Å². The van der Waals surface area contributed by atoms with Crippen LogP contribution in [0.2, 0.25) is 5.02 Å². The number of hydrogen-bond acceptors (Lipinski definition) is 3. The number of carbonyl (C=O) groups is 1. The standard InChI is InChI=1S/C13H8ClF3N2O3S/c14-8-3-1-2-7(6-8)13(20)18-19-23(21,22)10-5-4-9(15)11(16)12(10)17/h1-6,19H,(H,18,20). The van der Waals surface area contributed by atoms with Crippen molar-refractivity contribution in [1.82, 2.24) is 10.3 Å². The molecular weight excluding hydrogens is 357 g/mol. The maximum atomic E-state index is 13.5. The first-order chi connectivity index (χ1) is 10.7. The Morgan fingerprint density at radius 1 is 1.04 bits per heavy atom. The fourth-order valence-corrected chi connectivity index (χ4v) is 2.69. The number of halogens is 4. The van der Waals surface area contributed by atoms with Gasteiger partial charge in [0.1, 0.15) is 4.90 Å². The van der Waals surface area contributed by atoms with Gasteiger partial charge in [0.2, 0.25) is 0 Å². The van der Waals surface area contributed by atoms with E-state index in [9.17, 15) is 26.4 Å². The van der Waals surface area contributed by atoms with Gasteiger partial charge in [0, 0.05) is 10.6 Å². The Morgan fingerprint density at radius 2 is 1.74 bits per heavy atom. The molecule has 0 fully saturated rings. The molecular formula is C13H8ClF3N2O3S. The number of sulfonamides is 1. The number of rotatable bonds is 4. The molecule has 122 valence electrons. The summed E-state index contributed by atoms with van der Waals surface area (Å²) in [5.74, 6) is -6.24. The average molecular weight is 365 g/mol. The highest BCUT2D eigenvalue weighted by atomic mass is 35.5. The Kier molecular flexibility index (Phi) is 4.93. The highest BCUT2D eigenvalue weighted by Crippen LogP contribution is 2.19. The molecule has 2 aromatic carbocycles. The lowest BCUT2D eigenvalue weighted by Crippen LogP contribution is -2.41. The molecule has 0 saturated carbocycles. The van der Waals surface area contributed by atoms with Crippen LogP contribution in [-0.2, 0) is 10.0 Å². The van der Waals surface area contributed by atoms with Crippen molar-refractivity contribution in [2.24, 2.45) is 0 Å². The number of benzene rings is 2. The van der Waals surface area contributed by atoms with Gasteiger partial charge in [0.25, 0.3) is 15.9 Å². The van der Waals surface area contributed by atoms with Gasteiger partial charge in [0.15, 0.2) is 17.5 Å². The molecule has 2 rings (SSSR count). The van der Waals surface area contributed by atoms with Gasteiger partial charge < -0.3 is 0 Å². The van der Waals surface area contributed by atoms with Crippen molar-refractivity contribution in [2.75, 3.05) is 0 Å². The minimum Gasteiger partial charge on any atom is -0.273 e. The van der Waals surface area contributed by atoms with Crippen LogP contribution in [0.4, 0.5) is 13.2 Å². The predicted octanol–water partition coefficient (Wildman–Crippen LogP) is 2.38. The van der Waals surface area contributed by atoms with Crippen molar-refractivity contribution in [3.05, 3.63) is 64.4 Å². The van der Waals surface area contributed by atoms with E-state index < -0.39 is 38.3 Å². The molecule has 0 bridgehead atoms. The summed E-state index contributed by atoms with van der Waals surface area (Å²) in [6.07, 6.45) is 0. The Balaban J connectivity index is 2.20. The number of hydrogen-bond donors (Lipinski definition) is 2. The molecule has 0 aliphatic carbocycles. The topological polar surface area (TPSA) is 75.3 Å². The quantitative estimate of drug-likeness (QED) is 0.646. The van der Waals surface area contributed by atoms with Crippen LogP contribution >= 0.6 is 11.6 Å². The van der Waals surface area contributed by atoms with E-state index in [0.29, 0.717) is 12.1 Å². The third-order valence-electron chi connectivity index (χ3n) is 2.68. The second kappa shape index (κ2) is 6.57. The summed E-state index contributed by atoms with van der Waals surface area (Å²) in [4.78, 5) is 12.2. The molecule has 0 atom stereocenters. The zero-order valence-electron chi connectivity index (χ0n) is 11.1. The minimum absolute atomic E-state index is 0.0333. The van der Waals surface area contributed by atoms with E-state index in [-0.39, 0.29) is 10.6 Å². The lowest BCUT2D eigenvalue weighted by Gasteiger charge is -2.10. The minimum atomic E-state index is -4.64. The van der Waals surface area contributed by atoms with Crippen LogP contribution in [0, 0.1) is 17.5 Å². The van der Waals surface area contributed by atoms with E-state index in [4.69, 9.17) is 11.6 Å². The molecule has 0 unspecified atom stereocenters. The zero-order valence-corrected chi connectivity index (χ0v) is 12.7. The third-order valence-corrected chi connectivity index (χ3v) is 4.18. The van der Waals surface area contributed by atoms with Gasteiger partial charge in [-0.1, -0.05) is 17.7 Å². The number of nitrogens with one attached hydrogen (secondary N) is 2. The molecule has 0 aromatic heterocycles. The van der Waals surface area contributed by atoms with Crippen molar-refractivity contribution in [1.29, 1.82) is 0 Å². The normalized spacial score (nSPS) is 11.3. The summed E-state index contributed by atoms with van der Waals surface area (Å²) in [7, 11) is -4.64. The first-order valence-electron chi connectivity index (χ1n) is 5.93. The van der Waals surface area contributed by atoms with Crippen molar-refractivity contribution in [3.63, 3.8) is 0 Å². The lowest BCUT2D eigenvalue weighted by atomic mass is 10.2. The molecule has 0 spiro atoms. The van der Waals surface area contributed by atoms with Crippen molar-refractivity contribution >= 4 is 27.5 Å². The Hall–Kier alpha value is -2.10. The van der Waals surface area contributed by atoms with Crippen molar-refractivity contribution < 1.29 is 26.4 Å². The van der Waals surface area contributed by atoms with Gasteiger partial charge in [0.05, 0.1) is 0 Å². The molecule has 10 heteroatoms. The van der Waals surface area contributed by atoms with Crippen LogP contribution in [0.15, 0.2) is 41.3 Å². The Bertz CT molecular complexity index is 875. The number of carbonyl (C=O) groups excluding carboxylic acids is 1. The van der Waals surface area contributed by atoms with E-state index in [2.05, 4.69) is 0 Å². The number of hydrazine groups is 1. The fourth-order valence-electron chi connectivity index (χ4n) is 1.59. The van der Waals surface area contributed by atoms with Crippen LogP contribution in [0.5, 0.6) is 0 Å². The van der Waals surface area contributed by atoms with E-state index in [1.165, 1.54) is 24.3 Å². The first kappa shape index (κ1) is 17.3. The summed E-state index contributed by atoms with van der Waals surface area (Å²) in [6.45, 7) is 0. The van der Waals surface area contributed by atoms with Crippen molar-refractivity contribution in [3.8, 4) is 0 Å².